The second-order valence-corrected chi connectivity index (χ2v) is 6.71. The van der Waals surface area contributed by atoms with Crippen molar-refractivity contribution in [1.29, 1.82) is 0 Å². The third-order valence-electron chi connectivity index (χ3n) is 3.71. The van der Waals surface area contributed by atoms with Gasteiger partial charge in [0.15, 0.2) is 0 Å². The van der Waals surface area contributed by atoms with E-state index >= 15 is 0 Å². The molecule has 0 bridgehead atoms. The van der Waals surface area contributed by atoms with Crippen LogP contribution in [0.15, 0.2) is 46.2 Å². The van der Waals surface area contributed by atoms with E-state index in [-0.39, 0.29) is 38.5 Å². The summed E-state index contributed by atoms with van der Waals surface area (Å²) in [7, 11) is 8.04. The van der Waals surface area contributed by atoms with Crippen molar-refractivity contribution < 1.29 is 35.9 Å². The van der Waals surface area contributed by atoms with Crippen molar-refractivity contribution in [2.45, 2.75) is 9.79 Å². The normalized spacial score (nSPS) is 11.4. The molecule has 0 saturated carbocycles. The van der Waals surface area contributed by atoms with Gasteiger partial charge in [0.05, 0.1) is 0 Å². The molecule has 2 aromatic carbocycles. The minimum Gasteiger partial charge on any atom is -0.442 e. The zero-order valence-corrected chi connectivity index (χ0v) is 19.6. The van der Waals surface area contributed by atoms with Crippen LogP contribution in [-0.2, 0) is 4.79 Å². The first-order valence-corrected chi connectivity index (χ1v) is 7.81. The van der Waals surface area contributed by atoms with Gasteiger partial charge in [0.25, 0.3) is 0 Å². The first-order chi connectivity index (χ1) is 10.5. The molecule has 3 rings (SSSR count). The molecule has 0 N–H and O–H groups in total. The van der Waals surface area contributed by atoms with Gasteiger partial charge in [-0.25, -0.2) is 0 Å². The van der Waals surface area contributed by atoms with E-state index in [1.165, 1.54) is 0 Å². The van der Waals surface area contributed by atoms with Crippen LogP contribution in [0.1, 0.15) is 0 Å². The Morgan fingerprint density at radius 3 is 1.62 bits per heavy atom. The summed E-state index contributed by atoms with van der Waals surface area (Å²) in [6.07, 6.45) is 2.06. The first-order valence-electron chi connectivity index (χ1n) is 7.00. The second kappa shape index (κ2) is 8.33. The van der Waals surface area contributed by atoms with E-state index in [2.05, 4.69) is 28.3 Å². The van der Waals surface area contributed by atoms with Gasteiger partial charge in [-0.05, 0) is 45.4 Å². The molecule has 0 fully saturated rings. The van der Waals surface area contributed by atoms with Crippen molar-refractivity contribution in [3.8, 4) is 0 Å². The largest absolute Gasteiger partial charge is 2.00 e. The van der Waals surface area contributed by atoms with Crippen molar-refractivity contribution >= 4 is 40.9 Å². The molecule has 1 aliphatic rings. The van der Waals surface area contributed by atoms with Crippen LogP contribution in [0.2, 0.25) is 0 Å². The van der Waals surface area contributed by atoms with Gasteiger partial charge in [0.1, 0.15) is 6.41 Å². The van der Waals surface area contributed by atoms with Crippen LogP contribution in [0.25, 0.3) is 0 Å². The molecule has 2 aromatic rings. The number of benzene rings is 2. The molecular formula is C18H21N3OSU. The van der Waals surface area contributed by atoms with Crippen molar-refractivity contribution in [2.75, 3.05) is 42.9 Å². The smallest absolute Gasteiger partial charge is 0.442 e. The number of rotatable bonds is 3. The summed E-state index contributed by atoms with van der Waals surface area (Å²) < 4.78 is 0. The van der Waals surface area contributed by atoms with Gasteiger partial charge in [0.2, 0.25) is 0 Å². The van der Waals surface area contributed by atoms with Crippen LogP contribution in [0.4, 0.5) is 22.7 Å². The van der Waals surface area contributed by atoms with E-state index in [0.29, 0.717) is 0 Å². The Labute approximate surface area is 172 Å². The zero-order chi connectivity index (χ0) is 15.9. The molecule has 0 aliphatic carbocycles. The summed E-state index contributed by atoms with van der Waals surface area (Å²) >= 11 is 1.69. The fraction of sp³-hybridized carbons (Fsp3) is 0.222. The molecule has 0 radical (unpaired) electrons. The van der Waals surface area contributed by atoms with Gasteiger partial charge in [-0.3, -0.25) is 0 Å². The summed E-state index contributed by atoms with van der Waals surface area (Å²) in [5.74, 6) is 0. The van der Waals surface area contributed by atoms with Gasteiger partial charge in [0, 0.05) is 39.6 Å². The molecule has 1 heterocycles. The minimum absolute atomic E-state index is 0. The van der Waals surface area contributed by atoms with Crippen LogP contribution in [0, 0.1) is 38.5 Å². The summed E-state index contributed by atoms with van der Waals surface area (Å²) in [4.78, 5) is 19.3. The van der Waals surface area contributed by atoms with E-state index < -0.39 is 0 Å². The van der Waals surface area contributed by atoms with E-state index in [1.807, 2.05) is 52.5 Å². The quantitative estimate of drug-likeness (QED) is 0.528. The minimum atomic E-state index is 0. The standard InChI is InChI=1S/C17H18N3OS.CH3.U/c1-18(2)12-5-7-14-16(9-12)22-17-10-13(19(3)4)6-8-15(17)20(14)11-21;;/h5-10H,1-4H3;1H3;/q2*-1;+2. The molecule has 1 amide bonds. The molecule has 124 valence electrons. The fourth-order valence-electron chi connectivity index (χ4n) is 2.44. The number of hydrogen-bond acceptors (Lipinski definition) is 4. The molecule has 1 aliphatic heterocycles. The van der Waals surface area contributed by atoms with Crippen molar-refractivity contribution in [1.82, 2.24) is 0 Å². The SMILES string of the molecule is CN(C)c1ccc2c(c1)Sc1cc(N(C)C)ccc1N2[C-]=O.[CH3-].[U+2]. The Morgan fingerprint density at radius 2 is 1.29 bits per heavy atom. The van der Waals surface area contributed by atoms with Crippen LogP contribution >= 0.6 is 11.8 Å². The first kappa shape index (κ1) is 21.0. The number of amides is 1. The van der Waals surface area contributed by atoms with Crippen LogP contribution < -0.4 is 14.7 Å². The van der Waals surface area contributed by atoms with Gasteiger partial charge in [-0.15, -0.1) is 11.8 Å². The topological polar surface area (TPSA) is 26.8 Å². The number of nitrogens with zero attached hydrogens (tertiary/aromatic N) is 3. The second-order valence-electron chi connectivity index (χ2n) is 5.62. The molecular weight excluding hydrogens is 544 g/mol. The maximum absolute atomic E-state index is 11.5. The predicted molar refractivity (Wildman–Crippen MR) is 99.9 cm³/mol. The average Bonchev–Trinajstić information content (AvgIpc) is 2.51. The summed E-state index contributed by atoms with van der Waals surface area (Å²) in [5, 5.41) is 0. The van der Waals surface area contributed by atoms with Crippen LogP contribution in [0.5, 0.6) is 0 Å². The number of fused-ring (bicyclic) bond motifs is 2. The molecule has 0 unspecified atom stereocenters. The zero-order valence-electron chi connectivity index (χ0n) is 14.6. The number of anilines is 4. The third kappa shape index (κ3) is 3.77. The van der Waals surface area contributed by atoms with Crippen molar-refractivity contribution in [2.24, 2.45) is 0 Å². The van der Waals surface area contributed by atoms with Gasteiger partial charge in [-0.2, -0.15) is 0 Å². The fourth-order valence-corrected chi connectivity index (χ4v) is 3.57. The van der Waals surface area contributed by atoms with Crippen LogP contribution in [0.3, 0.4) is 0 Å². The monoisotopic (exact) mass is 565 g/mol. The maximum atomic E-state index is 11.5. The Kier molecular flexibility index (Phi) is 7.28. The molecule has 0 saturated heterocycles. The molecule has 0 spiro atoms. The Morgan fingerprint density at radius 1 is 0.875 bits per heavy atom. The summed E-state index contributed by atoms with van der Waals surface area (Å²) in [6.45, 7) is 0. The molecule has 6 heteroatoms. The predicted octanol–water partition coefficient (Wildman–Crippen LogP) is 3.94. The Bertz CT molecular complexity index is 677. The Balaban J connectivity index is 0.00000144. The number of hydrogen-bond donors (Lipinski definition) is 0. The van der Waals surface area contributed by atoms with E-state index in [4.69, 9.17) is 0 Å². The summed E-state index contributed by atoms with van der Waals surface area (Å²) in [5.41, 5.74) is 4.00. The van der Waals surface area contributed by atoms with E-state index in [0.717, 1.165) is 32.5 Å². The molecule has 4 nitrogen and oxygen atoms in total. The average molecular weight is 565 g/mol. The van der Waals surface area contributed by atoms with E-state index in [1.54, 1.807) is 16.7 Å². The Hall–Kier alpha value is -1.09. The van der Waals surface area contributed by atoms with Gasteiger partial charge < -0.3 is 26.9 Å². The molecule has 24 heavy (non-hydrogen) atoms. The third-order valence-corrected chi connectivity index (χ3v) is 4.81. The molecule has 0 aromatic heterocycles. The molecule has 0 atom stereocenters. The maximum Gasteiger partial charge on any atom is 2.00 e. The van der Waals surface area contributed by atoms with Crippen molar-refractivity contribution in [3.63, 3.8) is 0 Å². The summed E-state index contributed by atoms with van der Waals surface area (Å²) in [6, 6.07) is 12.2. The number of carbonyl (C=O) groups excluding carboxylic acids is 1. The van der Waals surface area contributed by atoms with Crippen LogP contribution in [-0.4, -0.2) is 34.6 Å². The van der Waals surface area contributed by atoms with E-state index in [9.17, 15) is 4.79 Å². The van der Waals surface area contributed by atoms with Gasteiger partial charge >= 0.3 is 31.1 Å². The van der Waals surface area contributed by atoms with Crippen molar-refractivity contribution in [3.05, 3.63) is 43.8 Å². The van der Waals surface area contributed by atoms with Gasteiger partial charge in [-0.1, -0.05) is 12.1 Å².